The van der Waals surface area contributed by atoms with Crippen LogP contribution in [-0.2, 0) is 12.3 Å². The van der Waals surface area contributed by atoms with E-state index in [-0.39, 0.29) is 0 Å². The molecule has 0 amide bonds. The minimum absolute atomic E-state index is 0.499. The molecule has 0 saturated heterocycles. The smallest absolute Gasteiger partial charge is 0.210 e. The molecule has 1 aromatic heterocycles. The summed E-state index contributed by atoms with van der Waals surface area (Å²) in [6.07, 6.45) is 0. The lowest BCUT2D eigenvalue weighted by atomic mass is 10.0. The van der Waals surface area contributed by atoms with Crippen LogP contribution < -0.4 is 15.9 Å². The summed E-state index contributed by atoms with van der Waals surface area (Å²) in [6.45, 7) is 6.91. The van der Waals surface area contributed by atoms with Gasteiger partial charge in [-0.2, -0.15) is 0 Å². The average Bonchev–Trinajstić information content (AvgIpc) is 2.99. The SMILES string of the molecule is COc1ccc(NCc2nnc(SCc3c(C)cc(C)cc3C)n2N)cc1. The van der Waals surface area contributed by atoms with Crippen molar-refractivity contribution < 1.29 is 4.74 Å². The van der Waals surface area contributed by atoms with E-state index in [1.165, 1.54) is 22.3 Å². The molecule has 0 fully saturated rings. The van der Waals surface area contributed by atoms with Gasteiger partial charge < -0.3 is 15.9 Å². The van der Waals surface area contributed by atoms with Gasteiger partial charge in [-0.1, -0.05) is 29.5 Å². The number of thioether (sulfide) groups is 1. The molecule has 0 atom stereocenters. The van der Waals surface area contributed by atoms with Gasteiger partial charge in [0.2, 0.25) is 5.16 Å². The Balaban J connectivity index is 1.63. The molecule has 0 bridgehead atoms. The fraction of sp³-hybridized carbons (Fsp3) is 0.300. The number of aryl methyl sites for hydroxylation is 3. The molecule has 0 aliphatic carbocycles. The van der Waals surface area contributed by atoms with Crippen molar-refractivity contribution >= 4 is 17.4 Å². The highest BCUT2D eigenvalue weighted by atomic mass is 32.2. The molecule has 0 aliphatic heterocycles. The highest BCUT2D eigenvalue weighted by Crippen LogP contribution is 2.26. The van der Waals surface area contributed by atoms with Gasteiger partial charge in [-0.3, -0.25) is 0 Å². The Morgan fingerprint density at radius 2 is 1.74 bits per heavy atom. The predicted molar refractivity (Wildman–Crippen MR) is 111 cm³/mol. The molecule has 0 unspecified atom stereocenters. The number of rotatable bonds is 7. The first-order chi connectivity index (χ1) is 13.0. The first-order valence-corrected chi connectivity index (χ1v) is 9.73. The van der Waals surface area contributed by atoms with Gasteiger partial charge in [-0.05, 0) is 61.7 Å². The van der Waals surface area contributed by atoms with Gasteiger partial charge >= 0.3 is 0 Å². The molecule has 27 heavy (non-hydrogen) atoms. The van der Waals surface area contributed by atoms with E-state index in [4.69, 9.17) is 10.6 Å². The van der Waals surface area contributed by atoms with Gasteiger partial charge in [-0.15, -0.1) is 10.2 Å². The number of nitrogens with two attached hydrogens (primary N) is 1. The van der Waals surface area contributed by atoms with Gasteiger partial charge in [0.05, 0.1) is 13.7 Å². The van der Waals surface area contributed by atoms with E-state index in [9.17, 15) is 0 Å². The predicted octanol–water partition coefficient (Wildman–Crippen LogP) is 3.83. The molecule has 2 aromatic carbocycles. The molecule has 0 spiro atoms. The maximum atomic E-state index is 6.19. The van der Waals surface area contributed by atoms with Crippen molar-refractivity contribution in [2.24, 2.45) is 0 Å². The third-order valence-electron chi connectivity index (χ3n) is 4.46. The molecular formula is C20H25N5OS. The van der Waals surface area contributed by atoms with Crippen molar-refractivity contribution in [2.75, 3.05) is 18.3 Å². The third kappa shape index (κ3) is 4.54. The average molecular weight is 384 g/mol. The van der Waals surface area contributed by atoms with Gasteiger partial charge in [0.1, 0.15) is 5.75 Å². The molecule has 0 saturated carbocycles. The van der Waals surface area contributed by atoms with Gasteiger partial charge in [0.15, 0.2) is 5.82 Å². The number of nitrogens with one attached hydrogen (secondary N) is 1. The summed E-state index contributed by atoms with van der Waals surface area (Å²) in [5, 5.41) is 12.5. The number of aromatic nitrogens is 3. The summed E-state index contributed by atoms with van der Waals surface area (Å²) >= 11 is 1.60. The number of benzene rings is 2. The molecule has 3 rings (SSSR count). The summed E-state index contributed by atoms with van der Waals surface area (Å²) in [5.41, 5.74) is 6.17. The fourth-order valence-corrected chi connectivity index (χ4v) is 4.06. The zero-order valence-corrected chi connectivity index (χ0v) is 16.9. The van der Waals surface area contributed by atoms with Crippen molar-refractivity contribution in [3.05, 3.63) is 64.5 Å². The second kappa shape index (κ2) is 8.35. The molecule has 6 nitrogen and oxygen atoms in total. The minimum atomic E-state index is 0.499. The Kier molecular flexibility index (Phi) is 5.91. The number of nitrogen functional groups attached to an aromatic ring is 1. The summed E-state index contributed by atoms with van der Waals surface area (Å²) in [5.74, 6) is 8.51. The number of hydrogen-bond acceptors (Lipinski definition) is 6. The number of hydrogen-bond donors (Lipinski definition) is 2. The highest BCUT2D eigenvalue weighted by Gasteiger charge is 2.12. The standard InChI is InChI=1S/C20H25N5OS/c1-13-9-14(2)18(15(3)10-13)12-27-20-24-23-19(25(20)21)11-22-16-5-7-17(26-4)8-6-16/h5-10,22H,11-12,21H2,1-4H3. The number of anilines is 1. The molecule has 3 N–H and O–H groups in total. The van der Waals surface area contributed by atoms with Crippen LogP contribution in [0.3, 0.4) is 0 Å². The van der Waals surface area contributed by atoms with E-state index < -0.39 is 0 Å². The van der Waals surface area contributed by atoms with Crippen molar-refractivity contribution in [1.29, 1.82) is 0 Å². The quantitative estimate of drug-likeness (QED) is 0.477. The van der Waals surface area contributed by atoms with Crippen LogP contribution in [0.4, 0.5) is 5.69 Å². The Bertz CT molecular complexity index is 898. The highest BCUT2D eigenvalue weighted by molar-refractivity contribution is 7.98. The van der Waals surface area contributed by atoms with Gasteiger partial charge in [-0.25, -0.2) is 4.68 Å². The number of ether oxygens (including phenoxy) is 1. The Morgan fingerprint density at radius 3 is 2.37 bits per heavy atom. The van der Waals surface area contributed by atoms with E-state index in [1.54, 1.807) is 23.5 Å². The van der Waals surface area contributed by atoms with E-state index in [0.29, 0.717) is 17.5 Å². The molecule has 0 radical (unpaired) electrons. The lowest BCUT2D eigenvalue weighted by molar-refractivity contribution is 0.415. The second-order valence-corrected chi connectivity index (χ2v) is 7.46. The molecule has 142 valence electrons. The van der Waals surface area contributed by atoms with Crippen molar-refractivity contribution in [3.8, 4) is 5.75 Å². The maximum absolute atomic E-state index is 6.19. The van der Waals surface area contributed by atoms with Crippen molar-refractivity contribution in [3.63, 3.8) is 0 Å². The number of nitrogens with zero attached hydrogens (tertiary/aromatic N) is 3. The summed E-state index contributed by atoms with van der Waals surface area (Å²) < 4.78 is 6.72. The number of methoxy groups -OCH3 is 1. The van der Waals surface area contributed by atoms with Crippen LogP contribution in [0, 0.1) is 20.8 Å². The Morgan fingerprint density at radius 1 is 1.07 bits per heavy atom. The molecule has 3 aromatic rings. The molecular weight excluding hydrogens is 358 g/mol. The zero-order chi connectivity index (χ0) is 19.4. The van der Waals surface area contributed by atoms with Crippen molar-refractivity contribution in [1.82, 2.24) is 14.9 Å². The topological polar surface area (TPSA) is 78.0 Å². The first kappa shape index (κ1) is 19.1. The van der Waals surface area contributed by atoms with Crippen molar-refractivity contribution in [2.45, 2.75) is 38.2 Å². The lowest BCUT2D eigenvalue weighted by Crippen LogP contribution is -2.16. The molecule has 1 heterocycles. The van der Waals surface area contributed by atoms with E-state index in [2.05, 4.69) is 48.4 Å². The van der Waals surface area contributed by atoms with Crippen LogP contribution in [0.1, 0.15) is 28.1 Å². The molecule has 0 aliphatic rings. The Labute approximate surface area is 164 Å². The van der Waals surface area contributed by atoms with E-state index >= 15 is 0 Å². The van der Waals surface area contributed by atoms with Gasteiger partial charge in [0.25, 0.3) is 0 Å². The van der Waals surface area contributed by atoms with E-state index in [0.717, 1.165) is 17.2 Å². The second-order valence-electron chi connectivity index (χ2n) is 6.52. The van der Waals surface area contributed by atoms with Gasteiger partial charge in [0, 0.05) is 11.4 Å². The van der Waals surface area contributed by atoms with Crippen LogP contribution in [-0.4, -0.2) is 22.0 Å². The maximum Gasteiger partial charge on any atom is 0.210 e. The summed E-state index contributed by atoms with van der Waals surface area (Å²) in [4.78, 5) is 0. The largest absolute Gasteiger partial charge is 0.497 e. The van der Waals surface area contributed by atoms with Crippen LogP contribution >= 0.6 is 11.8 Å². The van der Waals surface area contributed by atoms with Crippen LogP contribution in [0.15, 0.2) is 41.6 Å². The lowest BCUT2D eigenvalue weighted by Gasteiger charge is -2.11. The van der Waals surface area contributed by atoms with E-state index in [1.807, 2.05) is 24.3 Å². The van der Waals surface area contributed by atoms with Crippen LogP contribution in [0.2, 0.25) is 0 Å². The zero-order valence-electron chi connectivity index (χ0n) is 16.1. The minimum Gasteiger partial charge on any atom is -0.497 e. The van der Waals surface area contributed by atoms with Crippen LogP contribution in [0.5, 0.6) is 5.75 Å². The summed E-state index contributed by atoms with van der Waals surface area (Å²) in [6, 6.07) is 12.1. The molecule has 7 heteroatoms. The fourth-order valence-electron chi connectivity index (χ4n) is 2.99. The normalized spacial score (nSPS) is 10.8. The monoisotopic (exact) mass is 383 g/mol. The first-order valence-electron chi connectivity index (χ1n) is 8.74. The Hall–Kier alpha value is -2.67. The third-order valence-corrected chi connectivity index (χ3v) is 5.43. The van der Waals surface area contributed by atoms with Crippen LogP contribution in [0.25, 0.3) is 0 Å². The summed E-state index contributed by atoms with van der Waals surface area (Å²) in [7, 11) is 1.65.